The van der Waals surface area contributed by atoms with E-state index in [1.54, 1.807) is 13.8 Å². The van der Waals surface area contributed by atoms with Crippen molar-refractivity contribution < 1.29 is 24.2 Å². The van der Waals surface area contributed by atoms with Gasteiger partial charge in [-0.25, -0.2) is 4.79 Å². The molecule has 5 fully saturated rings. The van der Waals surface area contributed by atoms with Crippen LogP contribution in [-0.4, -0.2) is 28.9 Å². The molecule has 0 spiro atoms. The molecule has 5 nitrogen and oxygen atoms in total. The van der Waals surface area contributed by atoms with Crippen LogP contribution in [0.15, 0.2) is 11.6 Å². The summed E-state index contributed by atoms with van der Waals surface area (Å²) in [6, 6.07) is 0. The van der Waals surface area contributed by atoms with E-state index in [4.69, 9.17) is 4.74 Å². The summed E-state index contributed by atoms with van der Waals surface area (Å²) in [5, 5.41) is 9.21. The zero-order valence-electron chi connectivity index (χ0n) is 24.1. The summed E-state index contributed by atoms with van der Waals surface area (Å²) in [5.41, 5.74) is 0.631. The maximum atomic E-state index is 13.1. The van der Waals surface area contributed by atoms with Gasteiger partial charge in [-0.05, 0) is 105 Å². The van der Waals surface area contributed by atoms with Crippen molar-refractivity contribution in [1.29, 1.82) is 0 Å². The van der Waals surface area contributed by atoms with E-state index in [2.05, 4.69) is 34.6 Å². The van der Waals surface area contributed by atoms with Crippen molar-refractivity contribution in [1.82, 2.24) is 0 Å². The van der Waals surface area contributed by atoms with E-state index in [1.165, 1.54) is 25.7 Å². The summed E-state index contributed by atoms with van der Waals surface area (Å²) in [6.45, 7) is 14.8. The average Bonchev–Trinajstić information content (AvgIpc) is 3.38. The summed E-state index contributed by atoms with van der Waals surface area (Å²) >= 11 is 0. The summed E-state index contributed by atoms with van der Waals surface area (Å²) < 4.78 is 6.28. The third-order valence-corrected chi connectivity index (χ3v) is 13.3. The van der Waals surface area contributed by atoms with Crippen molar-refractivity contribution in [3.63, 3.8) is 0 Å². The lowest BCUT2D eigenvalue weighted by Gasteiger charge is -2.67. The second-order valence-electron chi connectivity index (χ2n) is 14.7. The molecule has 5 rings (SSSR count). The Morgan fingerprint density at radius 1 is 1.08 bits per heavy atom. The van der Waals surface area contributed by atoms with Gasteiger partial charge in [0.1, 0.15) is 11.9 Å². The largest absolute Gasteiger partial charge is 0.478 e. The Labute approximate surface area is 223 Å². The minimum Gasteiger partial charge on any atom is -0.478 e. The third-order valence-electron chi connectivity index (χ3n) is 13.3. The number of esters is 1. The van der Waals surface area contributed by atoms with Crippen molar-refractivity contribution in [3.05, 3.63) is 11.6 Å². The quantitative estimate of drug-likeness (QED) is 0.307. The molecule has 0 saturated heterocycles. The van der Waals surface area contributed by atoms with Crippen LogP contribution in [0.2, 0.25) is 0 Å². The molecule has 0 aliphatic heterocycles. The molecule has 5 aliphatic rings. The van der Waals surface area contributed by atoms with Crippen LogP contribution in [0.1, 0.15) is 113 Å². The van der Waals surface area contributed by atoms with E-state index in [9.17, 15) is 19.5 Å². The molecule has 0 bridgehead atoms. The Bertz CT molecular complexity index is 1040. The number of ether oxygens (including phenoxy) is 1. The van der Waals surface area contributed by atoms with Crippen LogP contribution in [-0.2, 0) is 19.1 Å². The first kappa shape index (κ1) is 26.9. The van der Waals surface area contributed by atoms with E-state index in [0.717, 1.165) is 32.1 Å². The molecule has 0 amide bonds. The van der Waals surface area contributed by atoms with Gasteiger partial charge in [0, 0.05) is 29.7 Å². The van der Waals surface area contributed by atoms with Gasteiger partial charge in [0.2, 0.25) is 0 Å². The minimum absolute atomic E-state index is 0.0626. The number of ketones is 1. The SMILES string of the molecule is CC(=O)OC1CC2C(C)(C)C(=O)CCC2(C)C2CCC34CC3(CCC4C(C)CCC=C(C)C(=O)O)C12C. The van der Waals surface area contributed by atoms with E-state index >= 15 is 0 Å². The number of carboxylic acids is 1. The molecule has 37 heavy (non-hydrogen) atoms. The highest BCUT2D eigenvalue weighted by molar-refractivity contribution is 5.86. The van der Waals surface area contributed by atoms with E-state index in [1.807, 2.05) is 6.08 Å². The predicted molar refractivity (Wildman–Crippen MR) is 143 cm³/mol. The van der Waals surface area contributed by atoms with Crippen LogP contribution in [0.5, 0.6) is 0 Å². The number of carbonyl (C=O) groups is 3. The number of fused-ring (bicyclic) bond motifs is 3. The first-order chi connectivity index (χ1) is 17.2. The van der Waals surface area contributed by atoms with Crippen LogP contribution in [0, 0.1) is 50.7 Å². The molecule has 0 aromatic heterocycles. The molecule has 1 N–H and O–H groups in total. The van der Waals surface area contributed by atoms with Crippen LogP contribution in [0.4, 0.5) is 0 Å². The van der Waals surface area contributed by atoms with Gasteiger partial charge in [-0.15, -0.1) is 0 Å². The molecule has 5 aliphatic carbocycles. The molecule has 0 aromatic rings. The van der Waals surface area contributed by atoms with Crippen molar-refractivity contribution >= 4 is 17.7 Å². The summed E-state index contributed by atoms with van der Waals surface area (Å²) in [5.74, 6) is 1.26. The number of rotatable bonds is 6. The van der Waals surface area contributed by atoms with Crippen LogP contribution in [0.25, 0.3) is 0 Å². The number of carbonyl (C=O) groups excluding carboxylic acids is 2. The van der Waals surface area contributed by atoms with Crippen LogP contribution >= 0.6 is 0 Å². The smallest absolute Gasteiger partial charge is 0.330 e. The highest BCUT2D eigenvalue weighted by Crippen LogP contribution is 2.91. The standard InChI is InChI=1S/C32H48O5/c1-19(9-8-10-20(2)27(35)36)22-11-16-32-18-31(22,32)15-12-23-29(6)14-13-25(34)28(4,5)24(29)17-26(30(23,32)7)37-21(3)33/h10,19,22-24,26H,8-9,11-18H2,1-7H3,(H,35,36). The molecule has 206 valence electrons. The van der Waals surface area contributed by atoms with E-state index in [0.29, 0.717) is 40.9 Å². The Morgan fingerprint density at radius 2 is 1.78 bits per heavy atom. The summed E-state index contributed by atoms with van der Waals surface area (Å²) in [6.07, 6.45) is 12.1. The van der Waals surface area contributed by atoms with Gasteiger partial charge in [-0.1, -0.05) is 40.7 Å². The minimum atomic E-state index is -0.826. The van der Waals surface area contributed by atoms with Gasteiger partial charge in [0.25, 0.3) is 0 Å². The third kappa shape index (κ3) is 3.43. The molecular formula is C32H48O5. The van der Waals surface area contributed by atoms with E-state index < -0.39 is 5.97 Å². The average molecular weight is 513 g/mol. The molecule has 0 radical (unpaired) electrons. The molecule has 5 heteroatoms. The number of hydrogen-bond acceptors (Lipinski definition) is 4. The highest BCUT2D eigenvalue weighted by atomic mass is 16.5. The number of hydrogen-bond donors (Lipinski definition) is 1. The first-order valence-electron chi connectivity index (χ1n) is 14.8. The van der Waals surface area contributed by atoms with E-state index in [-0.39, 0.29) is 39.7 Å². The van der Waals surface area contributed by atoms with Gasteiger partial charge in [-0.2, -0.15) is 0 Å². The lowest BCUT2D eigenvalue weighted by atomic mass is 9.37. The fourth-order valence-corrected chi connectivity index (χ4v) is 11.5. The zero-order valence-corrected chi connectivity index (χ0v) is 24.1. The molecule has 5 saturated carbocycles. The van der Waals surface area contributed by atoms with Gasteiger partial charge >= 0.3 is 11.9 Å². The molecule has 0 heterocycles. The monoisotopic (exact) mass is 512 g/mol. The van der Waals surface area contributed by atoms with Crippen molar-refractivity contribution in [2.45, 2.75) is 119 Å². The molecule has 9 unspecified atom stereocenters. The Morgan fingerprint density at radius 3 is 2.43 bits per heavy atom. The second-order valence-corrected chi connectivity index (χ2v) is 14.7. The van der Waals surface area contributed by atoms with Gasteiger partial charge in [0.05, 0.1) is 0 Å². The molecule has 0 aromatic carbocycles. The Kier molecular flexibility index (Phi) is 6.13. The fraction of sp³-hybridized carbons (Fsp3) is 0.844. The van der Waals surface area contributed by atoms with Gasteiger partial charge in [-0.3, -0.25) is 9.59 Å². The van der Waals surface area contributed by atoms with Crippen LogP contribution < -0.4 is 0 Å². The van der Waals surface area contributed by atoms with Crippen molar-refractivity contribution in [2.75, 3.05) is 0 Å². The summed E-state index contributed by atoms with van der Waals surface area (Å²) in [4.78, 5) is 36.7. The van der Waals surface area contributed by atoms with Gasteiger partial charge in [0.15, 0.2) is 0 Å². The first-order valence-corrected chi connectivity index (χ1v) is 14.8. The normalized spacial score (nSPS) is 46.7. The molecule has 9 atom stereocenters. The van der Waals surface area contributed by atoms with Gasteiger partial charge < -0.3 is 9.84 Å². The lowest BCUT2D eigenvalue weighted by molar-refractivity contribution is -0.232. The van der Waals surface area contributed by atoms with Crippen molar-refractivity contribution in [3.8, 4) is 0 Å². The van der Waals surface area contributed by atoms with Crippen LogP contribution in [0.3, 0.4) is 0 Å². The zero-order chi connectivity index (χ0) is 27.2. The maximum absolute atomic E-state index is 13.1. The van der Waals surface area contributed by atoms with Crippen molar-refractivity contribution in [2.24, 2.45) is 50.7 Å². The Hall–Kier alpha value is -1.65. The second kappa shape index (κ2) is 8.42. The number of carboxylic acid groups (broad SMARTS) is 1. The maximum Gasteiger partial charge on any atom is 0.330 e. The summed E-state index contributed by atoms with van der Waals surface area (Å²) in [7, 11) is 0. The topological polar surface area (TPSA) is 80.7 Å². The molecular weight excluding hydrogens is 464 g/mol. The lowest BCUT2D eigenvalue weighted by Crippen LogP contribution is -2.66. The highest BCUT2D eigenvalue weighted by Gasteiger charge is 2.85. The number of Topliss-reactive ketones (excluding diaryl/α,β-unsaturated/α-hetero) is 1. The fourth-order valence-electron chi connectivity index (χ4n) is 11.5. The number of allylic oxidation sites excluding steroid dienone is 1. The Balaban J connectivity index is 1.47. The number of aliphatic carboxylic acids is 1. The predicted octanol–water partition coefficient (Wildman–Crippen LogP) is 6.98.